The number of rotatable bonds is 3. The number of benzene rings is 1. The Labute approximate surface area is 165 Å². The van der Waals surface area contributed by atoms with Crippen LogP contribution in [0.2, 0.25) is 0 Å². The number of hydrogen-bond acceptors (Lipinski definition) is 4. The van der Waals surface area contributed by atoms with Crippen molar-refractivity contribution in [3.05, 3.63) is 69.1 Å². The number of amides is 1. The maximum Gasteiger partial charge on any atom is 0.263 e. The van der Waals surface area contributed by atoms with Crippen molar-refractivity contribution in [1.82, 2.24) is 20.3 Å². The second kappa shape index (κ2) is 7.53. The maximum atomic E-state index is 13.2. The number of likely N-dealkylation sites (tertiary alicyclic amines) is 1. The SMILES string of the molecule is CCc1c(C)cc(C(=O)N2CCC3NNC(c4ccccc4)C3C2)c(=O)n1C. The predicted octanol–water partition coefficient (Wildman–Crippen LogP) is 1.94. The largest absolute Gasteiger partial charge is 0.338 e. The molecule has 2 aliphatic rings. The number of nitrogens with one attached hydrogen (secondary N) is 2. The standard InChI is InChI=1S/C22H28N4O2/c1-4-19-14(2)12-16(21(27)25(19)3)22(28)26-11-10-18-17(13-26)20(24-23-18)15-8-6-5-7-9-15/h5-9,12,17-18,20,23-24H,4,10-11,13H2,1-3H3. The van der Waals surface area contributed by atoms with Crippen LogP contribution in [0, 0.1) is 12.8 Å². The molecule has 3 heterocycles. The first kappa shape index (κ1) is 18.9. The zero-order valence-electron chi connectivity index (χ0n) is 16.7. The van der Waals surface area contributed by atoms with Crippen LogP contribution < -0.4 is 16.4 Å². The highest BCUT2D eigenvalue weighted by atomic mass is 16.2. The Balaban J connectivity index is 1.59. The summed E-state index contributed by atoms with van der Waals surface area (Å²) >= 11 is 0. The number of aromatic nitrogens is 1. The van der Waals surface area contributed by atoms with Gasteiger partial charge in [-0.1, -0.05) is 37.3 Å². The van der Waals surface area contributed by atoms with Gasteiger partial charge in [-0.05, 0) is 37.0 Å². The highest BCUT2D eigenvalue weighted by molar-refractivity contribution is 5.94. The van der Waals surface area contributed by atoms with Crippen LogP contribution >= 0.6 is 0 Å². The highest BCUT2D eigenvalue weighted by Crippen LogP contribution is 2.33. The van der Waals surface area contributed by atoms with Crippen LogP contribution in [0.4, 0.5) is 0 Å². The van der Waals surface area contributed by atoms with Gasteiger partial charge in [-0.2, -0.15) is 0 Å². The van der Waals surface area contributed by atoms with E-state index in [2.05, 4.69) is 23.0 Å². The lowest BCUT2D eigenvalue weighted by Crippen LogP contribution is -2.49. The summed E-state index contributed by atoms with van der Waals surface area (Å²) < 4.78 is 1.63. The van der Waals surface area contributed by atoms with E-state index in [1.54, 1.807) is 17.7 Å². The minimum absolute atomic E-state index is 0.150. The van der Waals surface area contributed by atoms with Gasteiger partial charge < -0.3 is 9.47 Å². The smallest absolute Gasteiger partial charge is 0.263 e. The van der Waals surface area contributed by atoms with E-state index in [1.165, 1.54) is 5.56 Å². The average Bonchev–Trinajstić information content (AvgIpc) is 3.14. The van der Waals surface area contributed by atoms with E-state index in [9.17, 15) is 9.59 Å². The Morgan fingerprint density at radius 2 is 1.96 bits per heavy atom. The first-order valence-corrected chi connectivity index (χ1v) is 10.1. The van der Waals surface area contributed by atoms with Gasteiger partial charge in [0.1, 0.15) is 5.56 Å². The number of hydrazine groups is 1. The molecule has 2 aromatic rings. The van der Waals surface area contributed by atoms with Crippen molar-refractivity contribution in [2.75, 3.05) is 13.1 Å². The Hall–Kier alpha value is -2.44. The summed E-state index contributed by atoms with van der Waals surface area (Å²) in [6.07, 6.45) is 1.65. The molecule has 0 saturated carbocycles. The third-order valence-electron chi connectivity index (χ3n) is 6.28. The van der Waals surface area contributed by atoms with Gasteiger partial charge in [0.2, 0.25) is 0 Å². The summed E-state index contributed by atoms with van der Waals surface area (Å²) in [6, 6.07) is 12.6. The minimum Gasteiger partial charge on any atom is -0.338 e. The van der Waals surface area contributed by atoms with Gasteiger partial charge in [-0.15, -0.1) is 0 Å². The van der Waals surface area contributed by atoms with Gasteiger partial charge in [0.15, 0.2) is 0 Å². The predicted molar refractivity (Wildman–Crippen MR) is 109 cm³/mol. The monoisotopic (exact) mass is 380 g/mol. The molecule has 1 amide bonds. The Kier molecular flexibility index (Phi) is 5.08. The number of carbonyl (C=O) groups excluding carboxylic acids is 1. The minimum atomic E-state index is -0.197. The molecule has 0 spiro atoms. The summed E-state index contributed by atoms with van der Waals surface area (Å²) in [6.45, 7) is 5.30. The molecule has 1 aromatic heterocycles. The van der Waals surface area contributed by atoms with Crippen molar-refractivity contribution >= 4 is 5.91 Å². The number of fused-ring (bicyclic) bond motifs is 1. The van der Waals surface area contributed by atoms with Crippen molar-refractivity contribution in [3.63, 3.8) is 0 Å². The maximum absolute atomic E-state index is 13.2. The first-order valence-electron chi connectivity index (χ1n) is 10.1. The van der Waals surface area contributed by atoms with Gasteiger partial charge >= 0.3 is 0 Å². The highest BCUT2D eigenvalue weighted by Gasteiger charge is 2.41. The lowest BCUT2D eigenvalue weighted by atomic mass is 9.85. The molecule has 6 heteroatoms. The van der Waals surface area contributed by atoms with Crippen LogP contribution in [0.25, 0.3) is 0 Å². The average molecular weight is 380 g/mol. The number of aryl methyl sites for hydroxylation is 1. The zero-order chi connectivity index (χ0) is 19.8. The van der Waals surface area contributed by atoms with Crippen LogP contribution in [-0.4, -0.2) is 34.5 Å². The van der Waals surface area contributed by atoms with E-state index in [4.69, 9.17) is 0 Å². The fourth-order valence-corrected chi connectivity index (χ4v) is 4.75. The molecule has 2 saturated heterocycles. The lowest BCUT2D eigenvalue weighted by Gasteiger charge is -2.36. The third kappa shape index (κ3) is 3.16. The molecule has 28 heavy (non-hydrogen) atoms. The fourth-order valence-electron chi connectivity index (χ4n) is 4.75. The van der Waals surface area contributed by atoms with Gasteiger partial charge in [-0.3, -0.25) is 15.0 Å². The van der Waals surface area contributed by atoms with E-state index in [1.807, 2.05) is 36.9 Å². The molecule has 0 bridgehead atoms. The summed E-state index contributed by atoms with van der Waals surface area (Å²) in [5, 5.41) is 0. The van der Waals surface area contributed by atoms with E-state index >= 15 is 0 Å². The van der Waals surface area contributed by atoms with Crippen LogP contribution in [0.5, 0.6) is 0 Å². The molecule has 4 rings (SSSR count). The van der Waals surface area contributed by atoms with Gasteiger partial charge in [0, 0.05) is 37.8 Å². The summed E-state index contributed by atoms with van der Waals surface area (Å²) in [4.78, 5) is 27.9. The number of pyridine rings is 1. The van der Waals surface area contributed by atoms with E-state index in [0.717, 1.165) is 24.1 Å². The van der Waals surface area contributed by atoms with Crippen LogP contribution in [0.3, 0.4) is 0 Å². The second-order valence-corrected chi connectivity index (χ2v) is 7.89. The van der Waals surface area contributed by atoms with Gasteiger partial charge in [0.05, 0.1) is 6.04 Å². The zero-order valence-corrected chi connectivity index (χ0v) is 16.7. The van der Waals surface area contributed by atoms with E-state index in [-0.39, 0.29) is 29.0 Å². The molecular weight excluding hydrogens is 352 g/mol. The molecule has 3 atom stereocenters. The van der Waals surface area contributed by atoms with E-state index < -0.39 is 0 Å². The molecule has 0 aliphatic carbocycles. The normalized spacial score (nSPS) is 24.2. The van der Waals surface area contributed by atoms with Crippen LogP contribution in [-0.2, 0) is 13.5 Å². The summed E-state index contributed by atoms with van der Waals surface area (Å²) in [7, 11) is 1.76. The Morgan fingerprint density at radius 1 is 1.21 bits per heavy atom. The van der Waals surface area contributed by atoms with Crippen molar-refractivity contribution < 1.29 is 4.79 Å². The fraction of sp³-hybridized carbons (Fsp3) is 0.455. The van der Waals surface area contributed by atoms with Crippen molar-refractivity contribution in [1.29, 1.82) is 0 Å². The molecule has 2 fully saturated rings. The first-order chi connectivity index (χ1) is 13.5. The molecule has 1 aromatic carbocycles. The second-order valence-electron chi connectivity index (χ2n) is 7.89. The topological polar surface area (TPSA) is 66.4 Å². The van der Waals surface area contributed by atoms with Crippen molar-refractivity contribution in [2.45, 2.75) is 38.8 Å². The lowest BCUT2D eigenvalue weighted by molar-refractivity contribution is 0.0650. The van der Waals surface area contributed by atoms with E-state index in [0.29, 0.717) is 19.1 Å². The van der Waals surface area contributed by atoms with Crippen molar-refractivity contribution in [3.8, 4) is 0 Å². The molecule has 2 aliphatic heterocycles. The molecular formula is C22H28N4O2. The molecule has 148 valence electrons. The Morgan fingerprint density at radius 3 is 2.68 bits per heavy atom. The van der Waals surface area contributed by atoms with Crippen molar-refractivity contribution in [2.24, 2.45) is 13.0 Å². The summed E-state index contributed by atoms with van der Waals surface area (Å²) in [5.74, 6) is 0.128. The molecule has 0 radical (unpaired) electrons. The number of hydrogen-bond donors (Lipinski definition) is 2. The molecule has 2 N–H and O–H groups in total. The van der Waals surface area contributed by atoms with Gasteiger partial charge in [-0.25, -0.2) is 5.43 Å². The number of carbonyl (C=O) groups is 1. The Bertz CT molecular complexity index is 938. The van der Waals surface area contributed by atoms with Gasteiger partial charge in [0.25, 0.3) is 11.5 Å². The number of piperidine rings is 1. The molecule has 3 unspecified atom stereocenters. The summed E-state index contributed by atoms with van der Waals surface area (Å²) in [5.41, 5.74) is 10.1. The van der Waals surface area contributed by atoms with Crippen LogP contribution in [0.1, 0.15) is 46.6 Å². The van der Waals surface area contributed by atoms with Crippen LogP contribution in [0.15, 0.2) is 41.2 Å². The quantitative estimate of drug-likeness (QED) is 0.854. The molecule has 6 nitrogen and oxygen atoms in total. The third-order valence-corrected chi connectivity index (χ3v) is 6.28. The number of nitrogens with zero attached hydrogens (tertiary/aromatic N) is 2.